The summed E-state index contributed by atoms with van der Waals surface area (Å²) < 4.78 is 1.63. The molecule has 1 N–H and O–H groups in total. The molecule has 0 amide bonds. The zero-order valence-electron chi connectivity index (χ0n) is 11.9. The molecule has 0 aliphatic rings. The molecule has 0 unspecified atom stereocenters. The van der Waals surface area contributed by atoms with Gasteiger partial charge in [-0.1, -0.05) is 25.4 Å². The number of hydrogen-bond acceptors (Lipinski definition) is 4. The molecule has 0 aromatic carbocycles. The number of carboxylic acid groups (broad SMARTS) is 1. The van der Waals surface area contributed by atoms with Gasteiger partial charge in [-0.05, 0) is 18.1 Å². The molecule has 0 bridgehead atoms. The maximum atomic E-state index is 11.1. The van der Waals surface area contributed by atoms with Crippen LogP contribution < -0.4 is 0 Å². The molecule has 7 heteroatoms. The van der Waals surface area contributed by atoms with E-state index in [9.17, 15) is 4.79 Å². The van der Waals surface area contributed by atoms with Crippen LogP contribution in [0, 0.1) is 0 Å². The van der Waals surface area contributed by atoms with Crippen molar-refractivity contribution in [3.63, 3.8) is 0 Å². The summed E-state index contributed by atoms with van der Waals surface area (Å²) in [6.07, 6.45) is 6.31. The lowest BCUT2D eigenvalue weighted by molar-refractivity contribution is 0.0694. The molecule has 6 nitrogen and oxygen atoms in total. The molecule has 0 saturated carbocycles. The Labute approximate surface area is 127 Å². The Morgan fingerprint density at radius 1 is 1.38 bits per heavy atom. The Morgan fingerprint density at radius 3 is 2.62 bits per heavy atom. The van der Waals surface area contributed by atoms with Crippen molar-refractivity contribution in [1.29, 1.82) is 0 Å². The van der Waals surface area contributed by atoms with Crippen molar-refractivity contribution in [2.75, 3.05) is 0 Å². The van der Waals surface area contributed by atoms with E-state index in [4.69, 9.17) is 16.7 Å². The van der Waals surface area contributed by atoms with Gasteiger partial charge in [0, 0.05) is 13.2 Å². The van der Waals surface area contributed by atoms with E-state index in [-0.39, 0.29) is 11.5 Å². The number of aromatic carboxylic acids is 1. The van der Waals surface area contributed by atoms with E-state index in [1.165, 1.54) is 6.20 Å². The Hall–Kier alpha value is -2.21. The fourth-order valence-corrected chi connectivity index (χ4v) is 2.08. The second kappa shape index (κ2) is 6.05. The quantitative estimate of drug-likeness (QED) is 0.939. The number of rotatable bonds is 4. The van der Waals surface area contributed by atoms with Crippen LogP contribution in [0.3, 0.4) is 0 Å². The Balaban J connectivity index is 2.38. The molecule has 0 saturated heterocycles. The van der Waals surface area contributed by atoms with Crippen LogP contribution >= 0.6 is 11.6 Å². The van der Waals surface area contributed by atoms with Gasteiger partial charge in [-0.15, -0.1) is 0 Å². The van der Waals surface area contributed by atoms with Crippen LogP contribution in [-0.4, -0.2) is 30.8 Å². The van der Waals surface area contributed by atoms with Crippen molar-refractivity contribution in [2.45, 2.75) is 19.8 Å². The third-order valence-electron chi connectivity index (χ3n) is 2.94. The first kappa shape index (κ1) is 15.2. The summed E-state index contributed by atoms with van der Waals surface area (Å²) in [7, 11) is 1.78. The lowest BCUT2D eigenvalue weighted by Crippen LogP contribution is -2.08. The van der Waals surface area contributed by atoms with Crippen LogP contribution in [0.15, 0.2) is 12.4 Å². The summed E-state index contributed by atoms with van der Waals surface area (Å²) in [5, 5.41) is 13.7. The minimum absolute atomic E-state index is 0.00783. The lowest BCUT2D eigenvalue weighted by atomic mass is 10.1. The molecule has 0 aliphatic heterocycles. The molecule has 0 radical (unpaired) electrons. The number of hydrogen-bond donors (Lipinski definition) is 1. The van der Waals surface area contributed by atoms with Crippen LogP contribution in [0.2, 0.25) is 5.02 Å². The van der Waals surface area contributed by atoms with E-state index >= 15 is 0 Å². The van der Waals surface area contributed by atoms with E-state index in [0.29, 0.717) is 16.5 Å². The highest BCUT2D eigenvalue weighted by Crippen LogP contribution is 2.19. The fraction of sp³-hybridized carbons (Fsp3) is 0.286. The predicted molar refractivity (Wildman–Crippen MR) is 80.2 cm³/mol. The summed E-state index contributed by atoms with van der Waals surface area (Å²) in [4.78, 5) is 19.5. The molecule has 2 rings (SSSR count). The van der Waals surface area contributed by atoms with E-state index in [1.807, 2.05) is 13.8 Å². The third kappa shape index (κ3) is 3.28. The molecule has 0 fully saturated rings. The van der Waals surface area contributed by atoms with Crippen molar-refractivity contribution in [3.05, 3.63) is 40.2 Å². The van der Waals surface area contributed by atoms with Crippen molar-refractivity contribution >= 4 is 29.7 Å². The summed E-state index contributed by atoms with van der Waals surface area (Å²) in [6, 6.07) is 0. The molecule has 21 heavy (non-hydrogen) atoms. The van der Waals surface area contributed by atoms with Crippen molar-refractivity contribution < 1.29 is 9.90 Å². The molecule has 2 aromatic rings. The largest absolute Gasteiger partial charge is 0.478 e. The summed E-state index contributed by atoms with van der Waals surface area (Å²) >= 11 is 6.01. The molecule has 0 atom stereocenters. The average molecular weight is 307 g/mol. The second-order valence-electron chi connectivity index (χ2n) is 4.82. The lowest BCUT2D eigenvalue weighted by Gasteiger charge is -2.08. The summed E-state index contributed by atoms with van der Waals surface area (Å²) in [6.45, 7) is 3.78. The second-order valence-corrected chi connectivity index (χ2v) is 5.23. The van der Waals surface area contributed by atoms with Gasteiger partial charge >= 0.3 is 5.97 Å². The highest BCUT2D eigenvalue weighted by Gasteiger charge is 2.15. The summed E-state index contributed by atoms with van der Waals surface area (Å²) in [5.41, 5.74) is 1.36. The van der Waals surface area contributed by atoms with Crippen molar-refractivity contribution in [3.8, 4) is 0 Å². The standard InChI is InChI=1S/C14H15ClN4O2/c1-8(2)13-9(14(20)21)6-16-12(18-13)5-4-11-10(15)7-17-19(11)3/h4-8H,1-3H3,(H,20,21). The van der Waals surface area contributed by atoms with E-state index in [1.54, 1.807) is 30.1 Å². The monoisotopic (exact) mass is 306 g/mol. The first-order chi connectivity index (χ1) is 9.90. The number of halogens is 1. The van der Waals surface area contributed by atoms with Gasteiger partial charge in [0.05, 0.1) is 28.2 Å². The third-order valence-corrected chi connectivity index (χ3v) is 3.23. The van der Waals surface area contributed by atoms with E-state index < -0.39 is 5.97 Å². The summed E-state index contributed by atoms with van der Waals surface area (Å²) in [5.74, 6) is -0.601. The predicted octanol–water partition coefficient (Wildman–Crippen LogP) is 2.86. The van der Waals surface area contributed by atoms with Gasteiger partial charge in [0.2, 0.25) is 0 Å². The number of aryl methyl sites for hydroxylation is 1. The molecule has 0 aliphatic carbocycles. The van der Waals surface area contributed by atoms with Crippen LogP contribution in [-0.2, 0) is 7.05 Å². The number of carbonyl (C=O) groups is 1. The van der Waals surface area contributed by atoms with Crippen molar-refractivity contribution in [2.24, 2.45) is 7.05 Å². The van der Waals surface area contributed by atoms with Gasteiger partial charge < -0.3 is 5.11 Å². The maximum Gasteiger partial charge on any atom is 0.339 e. The maximum absolute atomic E-state index is 11.1. The van der Waals surface area contributed by atoms with Gasteiger partial charge in [-0.25, -0.2) is 14.8 Å². The number of nitrogens with zero attached hydrogens (tertiary/aromatic N) is 4. The normalized spacial score (nSPS) is 11.5. The molecular weight excluding hydrogens is 292 g/mol. The minimum atomic E-state index is -1.02. The number of carboxylic acids is 1. The molecule has 2 heterocycles. The Morgan fingerprint density at radius 2 is 2.10 bits per heavy atom. The molecular formula is C14H15ClN4O2. The van der Waals surface area contributed by atoms with Gasteiger partial charge in [0.15, 0.2) is 5.82 Å². The van der Waals surface area contributed by atoms with E-state index in [2.05, 4.69) is 15.1 Å². The Bertz CT molecular complexity index is 687. The van der Waals surface area contributed by atoms with Crippen LogP contribution in [0.25, 0.3) is 12.2 Å². The minimum Gasteiger partial charge on any atom is -0.478 e. The van der Waals surface area contributed by atoms with Crippen LogP contribution in [0.1, 0.15) is 47.3 Å². The van der Waals surface area contributed by atoms with Crippen molar-refractivity contribution in [1.82, 2.24) is 19.7 Å². The zero-order valence-corrected chi connectivity index (χ0v) is 12.7. The number of aromatic nitrogens is 4. The van der Waals surface area contributed by atoms with Gasteiger partial charge in [0.25, 0.3) is 0 Å². The highest BCUT2D eigenvalue weighted by atomic mass is 35.5. The molecule has 2 aromatic heterocycles. The average Bonchev–Trinajstić information content (AvgIpc) is 2.75. The van der Waals surface area contributed by atoms with Gasteiger partial charge in [0.1, 0.15) is 0 Å². The molecule has 0 spiro atoms. The Kier molecular flexibility index (Phi) is 4.37. The van der Waals surface area contributed by atoms with E-state index in [0.717, 1.165) is 5.69 Å². The first-order valence-corrected chi connectivity index (χ1v) is 6.73. The zero-order chi connectivity index (χ0) is 15.6. The van der Waals surface area contributed by atoms with Crippen LogP contribution in [0.5, 0.6) is 0 Å². The van der Waals surface area contributed by atoms with Crippen LogP contribution in [0.4, 0.5) is 0 Å². The molecule has 110 valence electrons. The first-order valence-electron chi connectivity index (χ1n) is 6.36. The van der Waals surface area contributed by atoms with Gasteiger partial charge in [-0.2, -0.15) is 5.10 Å². The smallest absolute Gasteiger partial charge is 0.339 e. The van der Waals surface area contributed by atoms with Gasteiger partial charge in [-0.3, -0.25) is 4.68 Å². The fourth-order valence-electron chi connectivity index (χ4n) is 1.86. The topological polar surface area (TPSA) is 80.9 Å². The highest BCUT2D eigenvalue weighted by molar-refractivity contribution is 6.31. The SMILES string of the molecule is CC(C)c1nc(C=Cc2c(Cl)cnn2C)ncc1C(=O)O.